The summed E-state index contributed by atoms with van der Waals surface area (Å²) in [7, 11) is 2.42. The molecule has 0 spiro atoms. The quantitative estimate of drug-likeness (QED) is 0.344. The number of carbonyl (C=O) groups excluding carboxylic acids is 2. The first-order chi connectivity index (χ1) is 12.8. The van der Waals surface area contributed by atoms with Gasteiger partial charge in [0.15, 0.2) is 5.11 Å². The van der Waals surface area contributed by atoms with Crippen molar-refractivity contribution in [3.8, 4) is 0 Å². The number of ether oxygens (including phenoxy) is 2. The molecule has 2 rings (SSSR count). The predicted molar refractivity (Wildman–Crippen MR) is 102 cm³/mol. The lowest BCUT2D eigenvalue weighted by molar-refractivity contribution is -0.383. The summed E-state index contributed by atoms with van der Waals surface area (Å²) in [6.07, 6.45) is 0. The molecular weight excluding hydrogens is 374 g/mol. The molecule has 0 bridgehead atoms. The zero-order chi connectivity index (χ0) is 20.0. The molecule has 0 saturated heterocycles. The van der Waals surface area contributed by atoms with Gasteiger partial charge in [-0.2, -0.15) is 0 Å². The molecule has 0 radical (unpaired) electrons. The van der Waals surface area contributed by atoms with E-state index < -0.39 is 16.9 Å². The minimum atomic E-state index is -0.652. The minimum absolute atomic E-state index is 0.0298. The first-order valence-corrected chi connectivity index (χ1v) is 7.89. The van der Waals surface area contributed by atoms with Gasteiger partial charge in [-0.15, -0.1) is 0 Å². The van der Waals surface area contributed by atoms with Gasteiger partial charge in [0.2, 0.25) is 0 Å². The van der Waals surface area contributed by atoms with Crippen molar-refractivity contribution >= 4 is 46.3 Å². The normalized spacial score (nSPS) is 9.85. The Morgan fingerprint density at radius 3 is 2.07 bits per heavy atom. The summed E-state index contributed by atoms with van der Waals surface area (Å²) in [5.41, 5.74) is 0.555. The lowest BCUT2D eigenvalue weighted by Crippen LogP contribution is -2.20. The van der Waals surface area contributed by atoms with Crippen LogP contribution in [0.5, 0.6) is 0 Å². The molecule has 0 aliphatic heterocycles. The highest BCUT2D eigenvalue weighted by Gasteiger charge is 2.16. The zero-order valence-electron chi connectivity index (χ0n) is 14.3. The van der Waals surface area contributed by atoms with Crippen LogP contribution in [0, 0.1) is 10.1 Å². The highest BCUT2D eigenvalue weighted by molar-refractivity contribution is 7.80. The number of benzene rings is 2. The average Bonchev–Trinajstić information content (AvgIpc) is 2.66. The van der Waals surface area contributed by atoms with Crippen LogP contribution in [0.2, 0.25) is 0 Å². The van der Waals surface area contributed by atoms with Crippen molar-refractivity contribution < 1.29 is 24.0 Å². The van der Waals surface area contributed by atoms with E-state index in [1.54, 1.807) is 6.07 Å². The number of nitro benzene ring substituents is 1. The molecule has 10 heteroatoms. The molecule has 0 saturated carbocycles. The topological polar surface area (TPSA) is 120 Å². The van der Waals surface area contributed by atoms with Crippen molar-refractivity contribution in [2.24, 2.45) is 0 Å². The Kier molecular flexibility index (Phi) is 6.39. The van der Waals surface area contributed by atoms with Crippen LogP contribution in [0.1, 0.15) is 20.7 Å². The smallest absolute Gasteiger partial charge is 0.337 e. The standard InChI is InChI=1S/C17H15N3O6S/c1-25-15(21)10-7-11(16(22)26-2)9-12(8-10)18-17(27)19-13-5-3-4-6-14(13)20(23)24/h3-9H,1-2H3,(H2,18,19,27). The number of nitrogens with one attached hydrogen (secondary N) is 2. The van der Waals surface area contributed by atoms with E-state index in [1.165, 1.54) is 50.6 Å². The maximum atomic E-state index is 11.8. The first kappa shape index (κ1) is 19.8. The summed E-state index contributed by atoms with van der Waals surface area (Å²) in [5, 5.41) is 16.6. The number of anilines is 2. The van der Waals surface area contributed by atoms with Gasteiger partial charge in [-0.3, -0.25) is 10.1 Å². The largest absolute Gasteiger partial charge is 0.465 e. The maximum absolute atomic E-state index is 11.8. The van der Waals surface area contributed by atoms with Crippen molar-refractivity contribution in [2.75, 3.05) is 24.9 Å². The van der Waals surface area contributed by atoms with E-state index in [9.17, 15) is 19.7 Å². The molecular formula is C17H15N3O6S. The molecule has 0 amide bonds. The monoisotopic (exact) mass is 389 g/mol. The fourth-order valence-corrected chi connectivity index (χ4v) is 2.42. The molecule has 0 aromatic heterocycles. The van der Waals surface area contributed by atoms with Crippen molar-refractivity contribution in [3.05, 3.63) is 63.7 Å². The van der Waals surface area contributed by atoms with Gasteiger partial charge in [-0.05, 0) is 36.5 Å². The Morgan fingerprint density at radius 1 is 1.00 bits per heavy atom. The molecule has 2 aromatic carbocycles. The SMILES string of the molecule is COC(=O)c1cc(NC(=S)Nc2ccccc2[N+](=O)[O-])cc(C(=O)OC)c1. The van der Waals surface area contributed by atoms with Crippen molar-refractivity contribution in [3.63, 3.8) is 0 Å². The van der Waals surface area contributed by atoms with Gasteiger partial charge in [0.05, 0.1) is 30.3 Å². The highest BCUT2D eigenvalue weighted by Crippen LogP contribution is 2.24. The van der Waals surface area contributed by atoms with E-state index in [0.717, 1.165) is 0 Å². The summed E-state index contributed by atoms with van der Waals surface area (Å²) >= 11 is 5.16. The summed E-state index contributed by atoms with van der Waals surface area (Å²) in [5.74, 6) is -1.30. The molecule has 0 aliphatic carbocycles. The minimum Gasteiger partial charge on any atom is -0.465 e. The van der Waals surface area contributed by atoms with Crippen LogP contribution in [0.3, 0.4) is 0 Å². The lowest BCUT2D eigenvalue weighted by atomic mass is 10.1. The van der Waals surface area contributed by atoms with Crippen molar-refractivity contribution in [2.45, 2.75) is 0 Å². The van der Waals surface area contributed by atoms with Crippen LogP contribution in [-0.2, 0) is 9.47 Å². The van der Waals surface area contributed by atoms with Crippen molar-refractivity contribution in [1.82, 2.24) is 0 Å². The Hall–Kier alpha value is -3.53. The Balaban J connectivity index is 2.28. The number of thiocarbonyl (C=S) groups is 1. The molecule has 0 unspecified atom stereocenters. The molecule has 27 heavy (non-hydrogen) atoms. The lowest BCUT2D eigenvalue weighted by Gasteiger charge is -2.13. The third kappa shape index (κ3) is 4.98. The van der Waals surface area contributed by atoms with Gasteiger partial charge in [0.25, 0.3) is 5.69 Å². The Morgan fingerprint density at radius 2 is 1.56 bits per heavy atom. The van der Waals surface area contributed by atoms with Crippen LogP contribution in [0.15, 0.2) is 42.5 Å². The van der Waals surface area contributed by atoms with Crippen LogP contribution in [0.25, 0.3) is 0 Å². The van der Waals surface area contributed by atoms with Gasteiger partial charge in [0.1, 0.15) is 5.69 Å². The molecule has 2 aromatic rings. The summed E-state index contributed by atoms with van der Waals surface area (Å²) < 4.78 is 9.32. The van der Waals surface area contributed by atoms with E-state index in [4.69, 9.17) is 12.2 Å². The Bertz CT molecular complexity index is 881. The number of para-hydroxylation sites is 2. The van der Waals surface area contributed by atoms with Gasteiger partial charge in [0, 0.05) is 11.8 Å². The van der Waals surface area contributed by atoms with Crippen LogP contribution in [-0.4, -0.2) is 36.2 Å². The number of nitrogens with zero attached hydrogens (tertiary/aromatic N) is 1. The fourth-order valence-electron chi connectivity index (χ4n) is 2.19. The number of hydrogen-bond acceptors (Lipinski definition) is 7. The third-order valence-corrected chi connectivity index (χ3v) is 3.59. The molecule has 0 heterocycles. The van der Waals surface area contributed by atoms with Gasteiger partial charge >= 0.3 is 11.9 Å². The predicted octanol–water partition coefficient (Wildman–Crippen LogP) is 2.98. The molecule has 0 aliphatic rings. The summed E-state index contributed by atoms with van der Waals surface area (Å²) in [4.78, 5) is 34.1. The van der Waals surface area contributed by atoms with Gasteiger partial charge < -0.3 is 20.1 Å². The van der Waals surface area contributed by atoms with E-state index in [2.05, 4.69) is 20.1 Å². The molecule has 140 valence electrons. The number of carbonyl (C=O) groups is 2. The van der Waals surface area contributed by atoms with E-state index in [0.29, 0.717) is 5.69 Å². The Labute approximate surface area is 159 Å². The van der Waals surface area contributed by atoms with Crippen molar-refractivity contribution in [1.29, 1.82) is 0 Å². The van der Waals surface area contributed by atoms with Crippen LogP contribution >= 0.6 is 12.2 Å². The van der Waals surface area contributed by atoms with Gasteiger partial charge in [-0.1, -0.05) is 12.1 Å². The molecule has 2 N–H and O–H groups in total. The molecule has 0 fully saturated rings. The maximum Gasteiger partial charge on any atom is 0.337 e. The summed E-state index contributed by atoms with van der Waals surface area (Å²) in [6, 6.07) is 10.1. The first-order valence-electron chi connectivity index (χ1n) is 7.49. The van der Waals surface area contributed by atoms with E-state index in [-0.39, 0.29) is 27.6 Å². The fraction of sp³-hybridized carbons (Fsp3) is 0.118. The van der Waals surface area contributed by atoms with Crippen LogP contribution in [0.4, 0.5) is 17.1 Å². The molecule has 9 nitrogen and oxygen atoms in total. The number of esters is 2. The van der Waals surface area contributed by atoms with E-state index >= 15 is 0 Å². The van der Waals surface area contributed by atoms with Crippen LogP contribution < -0.4 is 10.6 Å². The second-order valence-electron chi connectivity index (χ2n) is 5.14. The number of nitro groups is 1. The highest BCUT2D eigenvalue weighted by atomic mass is 32.1. The second-order valence-corrected chi connectivity index (χ2v) is 5.54. The number of rotatable bonds is 5. The zero-order valence-corrected chi connectivity index (χ0v) is 15.2. The third-order valence-electron chi connectivity index (χ3n) is 3.38. The van der Waals surface area contributed by atoms with Gasteiger partial charge in [-0.25, -0.2) is 9.59 Å². The number of methoxy groups -OCH3 is 2. The second kappa shape index (κ2) is 8.72. The molecule has 0 atom stereocenters. The average molecular weight is 389 g/mol. The van der Waals surface area contributed by atoms with E-state index in [1.807, 2.05) is 0 Å². The summed E-state index contributed by atoms with van der Waals surface area (Å²) in [6.45, 7) is 0. The number of hydrogen-bond donors (Lipinski definition) is 2.